The molecule has 0 aromatic rings. The maximum atomic E-state index is 2.48. The molecule has 0 unspecified atom stereocenters. The molecule has 0 N–H and O–H groups in total. The summed E-state index contributed by atoms with van der Waals surface area (Å²) in [6, 6.07) is 0. The zero-order valence-corrected chi connectivity index (χ0v) is 11.8. The van der Waals surface area contributed by atoms with Gasteiger partial charge in [-0.05, 0) is 31.8 Å². The largest absolute Gasteiger partial charge is 0.372 e. The average molecular weight is 223 g/mol. The molecule has 0 aliphatic rings. The fourth-order valence-corrected chi connectivity index (χ4v) is 1.67. The Morgan fingerprint density at radius 2 is 1.88 bits per heavy atom. The Kier molecular flexibility index (Phi) is 9.07. The second-order valence-corrected chi connectivity index (χ2v) is 4.58. The molecule has 0 rings (SSSR count). The summed E-state index contributed by atoms with van der Waals surface area (Å²) in [5, 5.41) is 0. The third-order valence-corrected chi connectivity index (χ3v) is 2.56. The Morgan fingerprint density at radius 1 is 1.19 bits per heavy atom. The van der Waals surface area contributed by atoms with Crippen molar-refractivity contribution >= 4 is 0 Å². The van der Waals surface area contributed by atoms with E-state index in [4.69, 9.17) is 0 Å². The van der Waals surface area contributed by atoms with Crippen LogP contribution in [-0.2, 0) is 0 Å². The van der Waals surface area contributed by atoms with Crippen molar-refractivity contribution in [3.63, 3.8) is 0 Å². The molecule has 1 nitrogen and oxygen atoms in total. The van der Waals surface area contributed by atoms with Gasteiger partial charge in [-0.2, -0.15) is 0 Å². The minimum absolute atomic E-state index is 0.618. The van der Waals surface area contributed by atoms with E-state index in [-0.39, 0.29) is 0 Å². The zero-order chi connectivity index (χ0) is 12.4. The molecule has 0 atom stereocenters. The maximum absolute atomic E-state index is 2.48. The van der Waals surface area contributed by atoms with Gasteiger partial charge in [0.1, 0.15) is 0 Å². The molecule has 0 aromatic carbocycles. The van der Waals surface area contributed by atoms with Crippen LogP contribution in [0.15, 0.2) is 23.9 Å². The molecule has 0 heterocycles. The highest BCUT2D eigenvalue weighted by molar-refractivity contribution is 5.18. The first kappa shape index (κ1) is 15.3. The fraction of sp³-hybridized carbons (Fsp3) is 0.733. The summed E-state index contributed by atoms with van der Waals surface area (Å²) in [6.07, 6.45) is 10.6. The minimum atomic E-state index is 0.618. The molecule has 0 aliphatic carbocycles. The number of allylic oxidation sites excluding steroid dienone is 3. The monoisotopic (exact) mass is 223 g/mol. The van der Waals surface area contributed by atoms with Crippen LogP contribution in [0.1, 0.15) is 53.9 Å². The first-order valence-corrected chi connectivity index (χ1v) is 6.78. The molecule has 0 radical (unpaired) electrons. The van der Waals surface area contributed by atoms with E-state index in [9.17, 15) is 0 Å². The van der Waals surface area contributed by atoms with Gasteiger partial charge in [-0.3, -0.25) is 0 Å². The highest BCUT2D eigenvalue weighted by Crippen LogP contribution is 2.12. The Hall–Kier alpha value is -0.720. The molecule has 1 heteroatoms. The van der Waals surface area contributed by atoms with E-state index in [1.807, 2.05) is 0 Å². The van der Waals surface area contributed by atoms with Gasteiger partial charge in [0.15, 0.2) is 0 Å². The van der Waals surface area contributed by atoms with E-state index >= 15 is 0 Å². The molecule has 16 heavy (non-hydrogen) atoms. The van der Waals surface area contributed by atoms with Crippen LogP contribution >= 0.6 is 0 Å². The number of hydrogen-bond donors (Lipinski definition) is 0. The molecule has 0 aliphatic heterocycles. The van der Waals surface area contributed by atoms with E-state index < -0.39 is 0 Å². The summed E-state index contributed by atoms with van der Waals surface area (Å²) in [6.45, 7) is 13.4. The van der Waals surface area contributed by atoms with Crippen molar-refractivity contribution in [3.8, 4) is 0 Å². The van der Waals surface area contributed by atoms with E-state index in [1.54, 1.807) is 0 Å². The summed E-state index contributed by atoms with van der Waals surface area (Å²) in [5.41, 5.74) is 1.40. The first-order valence-electron chi connectivity index (χ1n) is 6.78. The van der Waals surface area contributed by atoms with Crippen LogP contribution in [0.25, 0.3) is 0 Å². The van der Waals surface area contributed by atoms with E-state index in [1.165, 1.54) is 25.1 Å². The summed E-state index contributed by atoms with van der Waals surface area (Å²) >= 11 is 0. The van der Waals surface area contributed by atoms with Gasteiger partial charge in [0.05, 0.1) is 0 Å². The fourth-order valence-electron chi connectivity index (χ4n) is 1.67. The van der Waals surface area contributed by atoms with E-state index in [0.717, 1.165) is 13.0 Å². The predicted octanol–water partition coefficient (Wildman–Crippen LogP) is 4.61. The van der Waals surface area contributed by atoms with Gasteiger partial charge in [0, 0.05) is 18.8 Å². The normalized spacial score (nSPS) is 12.8. The van der Waals surface area contributed by atoms with Gasteiger partial charge < -0.3 is 4.90 Å². The predicted molar refractivity (Wildman–Crippen MR) is 74.5 cm³/mol. The molecular formula is C15H29N. The topological polar surface area (TPSA) is 3.24 Å². The Bertz CT molecular complexity index is 213. The number of likely N-dealkylation sites (N-methyl/N-ethyl adjacent to an activating group) is 1. The van der Waals surface area contributed by atoms with Crippen molar-refractivity contribution in [2.45, 2.75) is 53.9 Å². The van der Waals surface area contributed by atoms with Crippen molar-refractivity contribution in [1.82, 2.24) is 4.90 Å². The lowest BCUT2D eigenvalue weighted by atomic mass is 10.1. The van der Waals surface area contributed by atoms with Crippen molar-refractivity contribution in [2.75, 3.05) is 13.1 Å². The van der Waals surface area contributed by atoms with Gasteiger partial charge in [-0.15, -0.1) is 0 Å². The number of nitrogens with zero attached hydrogens (tertiary/aromatic N) is 1. The third kappa shape index (κ3) is 6.71. The third-order valence-electron chi connectivity index (χ3n) is 2.56. The summed E-state index contributed by atoms with van der Waals surface area (Å²) in [4.78, 5) is 2.48. The summed E-state index contributed by atoms with van der Waals surface area (Å²) in [5.74, 6) is 0.618. The van der Waals surface area contributed by atoms with Crippen LogP contribution in [-0.4, -0.2) is 18.0 Å². The maximum Gasteiger partial charge on any atom is 0.0324 e. The van der Waals surface area contributed by atoms with E-state index in [0.29, 0.717) is 5.92 Å². The van der Waals surface area contributed by atoms with Crippen LogP contribution < -0.4 is 0 Å². The lowest BCUT2D eigenvalue weighted by molar-refractivity contribution is 0.362. The Labute approximate surface area is 102 Å². The second kappa shape index (κ2) is 9.50. The van der Waals surface area contributed by atoms with Gasteiger partial charge in [-0.25, -0.2) is 0 Å². The molecule has 0 fully saturated rings. The van der Waals surface area contributed by atoms with Crippen molar-refractivity contribution in [2.24, 2.45) is 5.92 Å². The average Bonchev–Trinajstić information content (AvgIpc) is 2.25. The van der Waals surface area contributed by atoms with Crippen molar-refractivity contribution in [1.29, 1.82) is 0 Å². The van der Waals surface area contributed by atoms with Crippen molar-refractivity contribution < 1.29 is 0 Å². The SMILES string of the molecule is CC/C=C\C(=C/C(C)C)N(CC)CCCC. The van der Waals surface area contributed by atoms with Crippen molar-refractivity contribution in [3.05, 3.63) is 23.9 Å². The molecule has 0 saturated heterocycles. The van der Waals surface area contributed by atoms with Crippen LogP contribution in [0.4, 0.5) is 0 Å². The van der Waals surface area contributed by atoms with Crippen LogP contribution in [0, 0.1) is 5.92 Å². The summed E-state index contributed by atoms with van der Waals surface area (Å²) in [7, 11) is 0. The number of hydrogen-bond acceptors (Lipinski definition) is 1. The van der Waals surface area contributed by atoms with Gasteiger partial charge >= 0.3 is 0 Å². The molecule has 0 spiro atoms. The zero-order valence-electron chi connectivity index (χ0n) is 11.8. The second-order valence-electron chi connectivity index (χ2n) is 4.58. The van der Waals surface area contributed by atoms with Crippen LogP contribution in [0.2, 0.25) is 0 Å². The first-order chi connectivity index (χ1) is 7.65. The van der Waals surface area contributed by atoms with Crippen LogP contribution in [0.3, 0.4) is 0 Å². The molecule has 0 amide bonds. The van der Waals surface area contributed by atoms with Gasteiger partial charge in [0.25, 0.3) is 0 Å². The number of unbranched alkanes of at least 4 members (excludes halogenated alkanes) is 1. The Morgan fingerprint density at radius 3 is 2.31 bits per heavy atom. The molecular weight excluding hydrogens is 194 g/mol. The summed E-state index contributed by atoms with van der Waals surface area (Å²) < 4.78 is 0. The van der Waals surface area contributed by atoms with Gasteiger partial charge in [-0.1, -0.05) is 46.3 Å². The lowest BCUT2D eigenvalue weighted by Crippen LogP contribution is -2.23. The van der Waals surface area contributed by atoms with Gasteiger partial charge in [0.2, 0.25) is 0 Å². The number of rotatable bonds is 8. The molecule has 94 valence electrons. The minimum Gasteiger partial charge on any atom is -0.372 e. The lowest BCUT2D eigenvalue weighted by Gasteiger charge is -2.25. The van der Waals surface area contributed by atoms with Crippen LogP contribution in [0.5, 0.6) is 0 Å². The quantitative estimate of drug-likeness (QED) is 0.543. The highest BCUT2D eigenvalue weighted by Gasteiger charge is 2.04. The smallest absolute Gasteiger partial charge is 0.0324 e. The van der Waals surface area contributed by atoms with E-state index in [2.05, 4.69) is 57.7 Å². The standard InChI is InChI=1S/C15H29N/c1-6-9-11-15(13-14(4)5)16(8-3)12-10-7-2/h9,11,13-14H,6-8,10,12H2,1-5H3/b11-9-,15-13+. The Balaban J connectivity index is 4.62. The molecule has 0 bridgehead atoms. The molecule has 0 aromatic heterocycles. The molecule has 0 saturated carbocycles. The highest BCUT2D eigenvalue weighted by atomic mass is 15.1.